The predicted octanol–water partition coefficient (Wildman–Crippen LogP) is 1.35. The van der Waals surface area contributed by atoms with Crippen LogP contribution in [0.25, 0.3) is 0 Å². The maximum atomic E-state index is 12.5. The fraction of sp³-hybridized carbons (Fsp3) is 0.471. The Morgan fingerprint density at radius 3 is 2.76 bits per heavy atom. The molecule has 1 fully saturated rings. The average Bonchev–Trinajstić information content (AvgIpc) is 2.95. The normalized spacial score (nSPS) is 22.6. The number of nitrogens with zero attached hydrogens (tertiary/aromatic N) is 2. The molecular weight excluding hydrogens is 342 g/mol. The number of para-hydroxylation sites is 1. The van der Waals surface area contributed by atoms with Crippen LogP contribution in [0, 0.1) is 0 Å². The first kappa shape index (κ1) is 17.6. The molecule has 3 rings (SSSR count). The minimum absolute atomic E-state index is 0.0579. The van der Waals surface area contributed by atoms with Gasteiger partial charge in [0.2, 0.25) is 5.91 Å². The van der Waals surface area contributed by atoms with Gasteiger partial charge in [-0.05, 0) is 24.5 Å². The molecule has 0 bridgehead atoms. The molecule has 0 aliphatic carbocycles. The molecule has 7 nitrogen and oxygen atoms in total. The van der Waals surface area contributed by atoms with Gasteiger partial charge in [-0.25, -0.2) is 13.4 Å². The van der Waals surface area contributed by atoms with Crippen LogP contribution in [-0.2, 0) is 25.8 Å². The Morgan fingerprint density at radius 1 is 1.32 bits per heavy atom. The van der Waals surface area contributed by atoms with Gasteiger partial charge >= 0.3 is 0 Å². The Labute approximate surface area is 147 Å². The SMILES string of the molecule is CCc1ccccc1NC(=O)C1=NN([C@@H]2CCS(=O)(=O)C2)C(=O)CC1. The van der Waals surface area contributed by atoms with E-state index >= 15 is 0 Å². The molecule has 1 aromatic rings. The molecule has 25 heavy (non-hydrogen) atoms. The lowest BCUT2D eigenvalue weighted by Gasteiger charge is -2.27. The van der Waals surface area contributed by atoms with E-state index in [9.17, 15) is 18.0 Å². The zero-order valence-electron chi connectivity index (χ0n) is 14.1. The summed E-state index contributed by atoms with van der Waals surface area (Å²) in [6.07, 6.45) is 1.58. The topological polar surface area (TPSA) is 95.9 Å². The van der Waals surface area contributed by atoms with Gasteiger partial charge in [-0.3, -0.25) is 9.59 Å². The van der Waals surface area contributed by atoms with Gasteiger partial charge in [-0.15, -0.1) is 0 Å². The molecule has 0 radical (unpaired) electrons. The predicted molar refractivity (Wildman–Crippen MR) is 95.0 cm³/mol. The van der Waals surface area contributed by atoms with Crippen molar-refractivity contribution in [1.29, 1.82) is 0 Å². The first-order chi connectivity index (χ1) is 11.9. The fourth-order valence-electron chi connectivity index (χ4n) is 3.13. The van der Waals surface area contributed by atoms with Crippen molar-refractivity contribution in [2.45, 2.75) is 38.6 Å². The molecule has 0 spiro atoms. The molecule has 1 saturated heterocycles. The summed E-state index contributed by atoms with van der Waals surface area (Å²) in [6.45, 7) is 2.00. The van der Waals surface area contributed by atoms with Gasteiger partial charge in [0.15, 0.2) is 9.84 Å². The van der Waals surface area contributed by atoms with Gasteiger partial charge in [0.1, 0.15) is 5.71 Å². The zero-order chi connectivity index (χ0) is 18.0. The van der Waals surface area contributed by atoms with Crippen LogP contribution in [0.3, 0.4) is 0 Å². The minimum Gasteiger partial charge on any atom is -0.321 e. The molecule has 0 aromatic heterocycles. The van der Waals surface area contributed by atoms with Gasteiger partial charge in [0.05, 0.1) is 17.5 Å². The highest BCUT2D eigenvalue weighted by atomic mass is 32.2. The molecule has 2 heterocycles. The molecule has 2 aliphatic heterocycles. The number of carbonyl (C=O) groups is 2. The van der Waals surface area contributed by atoms with E-state index in [0.717, 1.165) is 17.7 Å². The molecule has 1 atom stereocenters. The Balaban J connectivity index is 1.78. The molecule has 0 saturated carbocycles. The Bertz CT molecular complexity index is 832. The summed E-state index contributed by atoms with van der Waals surface area (Å²) >= 11 is 0. The van der Waals surface area contributed by atoms with Crippen molar-refractivity contribution in [1.82, 2.24) is 5.01 Å². The van der Waals surface area contributed by atoms with Gasteiger partial charge in [-0.2, -0.15) is 5.10 Å². The number of nitrogens with one attached hydrogen (secondary N) is 1. The molecule has 8 heteroatoms. The molecule has 1 aromatic carbocycles. The van der Waals surface area contributed by atoms with Crippen LogP contribution >= 0.6 is 0 Å². The highest BCUT2D eigenvalue weighted by Gasteiger charge is 2.37. The smallest absolute Gasteiger partial charge is 0.271 e. The van der Waals surface area contributed by atoms with E-state index < -0.39 is 15.9 Å². The Morgan fingerprint density at radius 2 is 2.08 bits per heavy atom. The number of carbonyl (C=O) groups excluding carboxylic acids is 2. The van der Waals surface area contributed by atoms with E-state index in [2.05, 4.69) is 10.4 Å². The van der Waals surface area contributed by atoms with Crippen LogP contribution in [0.4, 0.5) is 5.69 Å². The number of benzene rings is 1. The average molecular weight is 363 g/mol. The van der Waals surface area contributed by atoms with E-state index in [1.54, 1.807) is 0 Å². The number of rotatable bonds is 4. The van der Waals surface area contributed by atoms with Crippen LogP contribution in [-0.4, -0.2) is 48.5 Å². The lowest BCUT2D eigenvalue weighted by molar-refractivity contribution is -0.133. The first-order valence-electron chi connectivity index (χ1n) is 8.39. The van der Waals surface area contributed by atoms with E-state index in [1.165, 1.54) is 5.01 Å². The monoisotopic (exact) mass is 363 g/mol. The zero-order valence-corrected chi connectivity index (χ0v) is 14.9. The van der Waals surface area contributed by atoms with Gasteiger partial charge in [-0.1, -0.05) is 25.1 Å². The van der Waals surface area contributed by atoms with Crippen LogP contribution in [0.5, 0.6) is 0 Å². The third-order valence-corrected chi connectivity index (χ3v) is 6.27. The second-order valence-corrected chi connectivity index (χ2v) is 8.54. The van der Waals surface area contributed by atoms with Crippen LogP contribution < -0.4 is 5.32 Å². The van der Waals surface area contributed by atoms with E-state index in [0.29, 0.717) is 6.42 Å². The van der Waals surface area contributed by atoms with Crippen molar-refractivity contribution >= 4 is 33.1 Å². The molecule has 134 valence electrons. The fourth-order valence-corrected chi connectivity index (χ4v) is 4.83. The molecule has 0 unspecified atom stereocenters. The Kier molecular flexibility index (Phi) is 4.89. The van der Waals surface area contributed by atoms with Crippen LogP contribution in [0.2, 0.25) is 0 Å². The van der Waals surface area contributed by atoms with Gasteiger partial charge in [0.25, 0.3) is 5.91 Å². The summed E-state index contributed by atoms with van der Waals surface area (Å²) in [5.74, 6) is -0.607. The number of amides is 2. The van der Waals surface area contributed by atoms with Crippen molar-refractivity contribution in [3.05, 3.63) is 29.8 Å². The van der Waals surface area contributed by atoms with E-state index in [4.69, 9.17) is 0 Å². The van der Waals surface area contributed by atoms with Crippen molar-refractivity contribution in [2.24, 2.45) is 5.10 Å². The summed E-state index contributed by atoms with van der Waals surface area (Å²) < 4.78 is 23.3. The largest absolute Gasteiger partial charge is 0.321 e. The number of hydrogen-bond donors (Lipinski definition) is 1. The summed E-state index contributed by atoms with van der Waals surface area (Å²) in [4.78, 5) is 24.6. The number of sulfone groups is 1. The first-order valence-corrected chi connectivity index (χ1v) is 10.2. The quantitative estimate of drug-likeness (QED) is 0.873. The summed E-state index contributed by atoms with van der Waals surface area (Å²) in [5.41, 5.74) is 2.00. The van der Waals surface area contributed by atoms with Crippen molar-refractivity contribution in [3.63, 3.8) is 0 Å². The van der Waals surface area contributed by atoms with E-state index in [1.807, 2.05) is 31.2 Å². The summed E-state index contributed by atoms with van der Waals surface area (Å²) in [6, 6.07) is 7.05. The number of aryl methyl sites for hydroxylation is 1. The van der Waals surface area contributed by atoms with Crippen molar-refractivity contribution in [2.75, 3.05) is 16.8 Å². The second-order valence-electron chi connectivity index (χ2n) is 6.31. The highest BCUT2D eigenvalue weighted by molar-refractivity contribution is 7.91. The number of anilines is 1. The van der Waals surface area contributed by atoms with Crippen LogP contribution in [0.1, 0.15) is 31.7 Å². The van der Waals surface area contributed by atoms with Crippen molar-refractivity contribution < 1.29 is 18.0 Å². The highest BCUT2D eigenvalue weighted by Crippen LogP contribution is 2.23. The van der Waals surface area contributed by atoms with Gasteiger partial charge in [0, 0.05) is 18.5 Å². The Hall–Kier alpha value is -2.22. The lowest BCUT2D eigenvalue weighted by Crippen LogP contribution is -2.42. The summed E-state index contributed by atoms with van der Waals surface area (Å²) in [5, 5.41) is 8.24. The third kappa shape index (κ3) is 3.89. The minimum atomic E-state index is -3.13. The molecule has 2 aliphatic rings. The maximum Gasteiger partial charge on any atom is 0.271 e. The van der Waals surface area contributed by atoms with Crippen molar-refractivity contribution in [3.8, 4) is 0 Å². The summed E-state index contributed by atoms with van der Waals surface area (Å²) in [7, 11) is -3.13. The van der Waals surface area contributed by atoms with Gasteiger partial charge < -0.3 is 5.32 Å². The number of hydrogen-bond acceptors (Lipinski definition) is 5. The second kappa shape index (κ2) is 6.95. The molecule has 2 amide bonds. The van der Waals surface area contributed by atoms with E-state index in [-0.39, 0.29) is 41.9 Å². The third-order valence-electron chi connectivity index (χ3n) is 4.52. The molecular formula is C17H21N3O4S. The molecule has 1 N–H and O–H groups in total. The standard InChI is InChI=1S/C17H21N3O4S/c1-2-12-5-3-4-6-14(12)18-17(22)15-7-8-16(21)20(19-15)13-9-10-25(23,24)11-13/h3-6,13H,2,7-11H2,1H3,(H,18,22)/t13-/m1/s1. The number of hydrazone groups is 1. The lowest BCUT2D eigenvalue weighted by atomic mass is 10.1. The maximum absolute atomic E-state index is 12.5. The van der Waals surface area contributed by atoms with Crippen LogP contribution in [0.15, 0.2) is 29.4 Å².